The first-order chi connectivity index (χ1) is 13.5. The molecule has 0 radical (unpaired) electrons. The molecular weight excluding hydrogens is 429 g/mol. The van der Waals surface area contributed by atoms with Crippen LogP contribution in [0.25, 0.3) is 0 Å². The molecule has 0 saturated heterocycles. The molecule has 2 aromatic carbocycles. The molecule has 0 spiro atoms. The van der Waals surface area contributed by atoms with Crippen molar-refractivity contribution in [2.75, 3.05) is 17.2 Å². The molecule has 0 fully saturated rings. The maximum absolute atomic E-state index is 13.6. The summed E-state index contributed by atoms with van der Waals surface area (Å²) >= 11 is 3.27. The van der Waals surface area contributed by atoms with Crippen LogP contribution in [0.2, 0.25) is 0 Å². The number of hydrogen-bond acceptors (Lipinski definition) is 4. The summed E-state index contributed by atoms with van der Waals surface area (Å²) < 4.78 is 19.9. The number of rotatable bonds is 6. The van der Waals surface area contributed by atoms with Crippen molar-refractivity contribution in [2.45, 2.75) is 0 Å². The average molecular weight is 444 g/mol. The monoisotopic (exact) mass is 443 g/mol. The van der Waals surface area contributed by atoms with Crippen molar-refractivity contribution < 1.29 is 18.7 Å². The molecule has 0 aliphatic rings. The van der Waals surface area contributed by atoms with Crippen LogP contribution in [0.15, 0.2) is 71.3 Å². The highest BCUT2D eigenvalue weighted by Gasteiger charge is 2.14. The number of nitrogens with zero attached hydrogens (tertiary/aromatic N) is 1. The molecule has 0 saturated carbocycles. The fourth-order valence-corrected chi connectivity index (χ4v) is 2.54. The van der Waals surface area contributed by atoms with Gasteiger partial charge < -0.3 is 15.4 Å². The molecule has 3 rings (SSSR count). The summed E-state index contributed by atoms with van der Waals surface area (Å²) in [4.78, 5) is 28.6. The minimum absolute atomic E-state index is 0.0587. The standard InChI is InChI=1S/C20H15BrFN3O3/c21-13-9-10-18(23-11-13)25-20(27)14-5-1-4-8-17(14)28-12-19(26)24-16-7-3-2-6-15(16)22/h1-11H,12H2,(H,24,26)(H,23,25,27). The number of para-hydroxylation sites is 2. The highest BCUT2D eigenvalue weighted by atomic mass is 79.9. The van der Waals surface area contributed by atoms with Gasteiger partial charge in [0.2, 0.25) is 0 Å². The number of aromatic nitrogens is 1. The first-order valence-electron chi connectivity index (χ1n) is 8.22. The molecule has 0 atom stereocenters. The van der Waals surface area contributed by atoms with E-state index in [2.05, 4.69) is 31.5 Å². The highest BCUT2D eigenvalue weighted by molar-refractivity contribution is 9.10. The first-order valence-corrected chi connectivity index (χ1v) is 9.01. The Kier molecular flexibility index (Phi) is 6.33. The van der Waals surface area contributed by atoms with E-state index in [0.29, 0.717) is 5.82 Å². The Morgan fingerprint density at radius 2 is 1.75 bits per heavy atom. The Labute approximate surface area is 168 Å². The van der Waals surface area contributed by atoms with Crippen LogP contribution in [0.4, 0.5) is 15.9 Å². The summed E-state index contributed by atoms with van der Waals surface area (Å²) in [6.07, 6.45) is 1.56. The minimum atomic E-state index is -0.546. The van der Waals surface area contributed by atoms with Gasteiger partial charge in [-0.1, -0.05) is 24.3 Å². The van der Waals surface area contributed by atoms with Crippen molar-refractivity contribution in [2.24, 2.45) is 0 Å². The Balaban J connectivity index is 1.65. The van der Waals surface area contributed by atoms with Gasteiger partial charge in [0.1, 0.15) is 17.4 Å². The molecule has 1 aromatic heterocycles. The van der Waals surface area contributed by atoms with Gasteiger partial charge in [-0.25, -0.2) is 9.37 Å². The second kappa shape index (κ2) is 9.09. The lowest BCUT2D eigenvalue weighted by atomic mass is 10.2. The molecule has 0 unspecified atom stereocenters. The maximum Gasteiger partial charge on any atom is 0.262 e. The van der Waals surface area contributed by atoms with E-state index in [1.807, 2.05) is 0 Å². The van der Waals surface area contributed by atoms with Crippen molar-refractivity contribution in [1.29, 1.82) is 0 Å². The summed E-state index contributed by atoms with van der Waals surface area (Å²) in [5, 5.41) is 5.08. The van der Waals surface area contributed by atoms with Gasteiger partial charge >= 0.3 is 0 Å². The second-order valence-corrected chi connectivity index (χ2v) is 6.54. The molecule has 142 valence electrons. The largest absolute Gasteiger partial charge is 0.483 e. The molecular formula is C20H15BrFN3O3. The minimum Gasteiger partial charge on any atom is -0.483 e. The summed E-state index contributed by atoms with van der Waals surface area (Å²) in [5.74, 6) is -0.923. The van der Waals surface area contributed by atoms with Crippen LogP contribution in [0.3, 0.4) is 0 Å². The topological polar surface area (TPSA) is 80.3 Å². The lowest BCUT2D eigenvalue weighted by Gasteiger charge is -2.12. The lowest BCUT2D eigenvalue weighted by molar-refractivity contribution is -0.118. The van der Waals surface area contributed by atoms with E-state index in [1.165, 1.54) is 18.2 Å². The molecule has 1 heterocycles. The van der Waals surface area contributed by atoms with Crippen LogP contribution in [0.1, 0.15) is 10.4 Å². The predicted molar refractivity (Wildman–Crippen MR) is 107 cm³/mol. The molecule has 2 amide bonds. The van der Waals surface area contributed by atoms with Gasteiger partial charge in [0.05, 0.1) is 11.3 Å². The SMILES string of the molecule is O=C(COc1ccccc1C(=O)Nc1ccc(Br)cn1)Nc1ccccc1F. The molecule has 28 heavy (non-hydrogen) atoms. The summed E-state index contributed by atoms with van der Waals surface area (Å²) in [6, 6.07) is 15.7. The fraction of sp³-hybridized carbons (Fsp3) is 0.0500. The van der Waals surface area contributed by atoms with Gasteiger partial charge in [0.15, 0.2) is 6.61 Å². The normalized spacial score (nSPS) is 10.2. The van der Waals surface area contributed by atoms with E-state index in [4.69, 9.17) is 4.74 Å². The molecule has 8 heteroatoms. The van der Waals surface area contributed by atoms with Gasteiger partial charge in [-0.15, -0.1) is 0 Å². The van der Waals surface area contributed by atoms with Gasteiger partial charge in [-0.3, -0.25) is 9.59 Å². The number of hydrogen-bond donors (Lipinski definition) is 2. The number of carbonyl (C=O) groups is 2. The van der Waals surface area contributed by atoms with E-state index in [0.717, 1.165) is 4.47 Å². The van der Waals surface area contributed by atoms with Crippen molar-refractivity contribution in [3.63, 3.8) is 0 Å². The van der Waals surface area contributed by atoms with E-state index in [-0.39, 0.29) is 23.6 Å². The zero-order chi connectivity index (χ0) is 19.9. The van der Waals surface area contributed by atoms with Gasteiger partial charge in [0.25, 0.3) is 11.8 Å². The van der Waals surface area contributed by atoms with Crippen LogP contribution in [-0.2, 0) is 4.79 Å². The van der Waals surface area contributed by atoms with Crippen LogP contribution in [-0.4, -0.2) is 23.4 Å². The number of anilines is 2. The van der Waals surface area contributed by atoms with Gasteiger partial charge in [-0.2, -0.15) is 0 Å². The smallest absolute Gasteiger partial charge is 0.262 e. The number of nitrogens with one attached hydrogen (secondary N) is 2. The first kappa shape index (κ1) is 19.5. The third-order valence-electron chi connectivity index (χ3n) is 3.61. The number of pyridine rings is 1. The van der Waals surface area contributed by atoms with Crippen molar-refractivity contribution in [3.05, 3.63) is 82.7 Å². The zero-order valence-electron chi connectivity index (χ0n) is 14.5. The molecule has 6 nitrogen and oxygen atoms in total. The Hall–Kier alpha value is -3.26. The molecule has 3 aromatic rings. The Bertz CT molecular complexity index is 996. The zero-order valence-corrected chi connectivity index (χ0v) is 16.1. The quantitative estimate of drug-likeness (QED) is 0.596. The van der Waals surface area contributed by atoms with E-state index >= 15 is 0 Å². The van der Waals surface area contributed by atoms with Crippen molar-refractivity contribution in [3.8, 4) is 5.75 Å². The number of benzene rings is 2. The summed E-state index contributed by atoms with van der Waals surface area (Å²) in [6.45, 7) is -0.380. The number of amides is 2. The van der Waals surface area contributed by atoms with Crippen molar-refractivity contribution >= 4 is 39.2 Å². The van der Waals surface area contributed by atoms with Crippen LogP contribution in [0, 0.1) is 5.82 Å². The van der Waals surface area contributed by atoms with Crippen LogP contribution in [0.5, 0.6) is 5.75 Å². The van der Waals surface area contributed by atoms with Crippen LogP contribution < -0.4 is 15.4 Å². The van der Waals surface area contributed by atoms with Gasteiger partial charge in [0, 0.05) is 10.7 Å². The number of ether oxygens (including phenoxy) is 1. The van der Waals surface area contributed by atoms with Crippen LogP contribution >= 0.6 is 15.9 Å². The Morgan fingerprint density at radius 3 is 2.50 bits per heavy atom. The lowest BCUT2D eigenvalue weighted by Crippen LogP contribution is -2.22. The molecule has 0 aliphatic heterocycles. The van der Waals surface area contributed by atoms with E-state index in [1.54, 1.807) is 48.7 Å². The Morgan fingerprint density at radius 1 is 1.00 bits per heavy atom. The third kappa shape index (κ3) is 5.14. The number of halogens is 2. The summed E-state index contributed by atoms with van der Waals surface area (Å²) in [7, 11) is 0. The van der Waals surface area contributed by atoms with E-state index in [9.17, 15) is 14.0 Å². The summed E-state index contributed by atoms with van der Waals surface area (Å²) in [5.41, 5.74) is 0.300. The number of carbonyl (C=O) groups excluding carboxylic acids is 2. The van der Waals surface area contributed by atoms with Crippen molar-refractivity contribution in [1.82, 2.24) is 4.98 Å². The molecule has 0 aliphatic carbocycles. The van der Waals surface area contributed by atoms with E-state index < -0.39 is 17.6 Å². The third-order valence-corrected chi connectivity index (χ3v) is 4.08. The molecule has 0 bridgehead atoms. The molecule has 2 N–H and O–H groups in total. The average Bonchev–Trinajstić information content (AvgIpc) is 2.70. The fourth-order valence-electron chi connectivity index (χ4n) is 2.31. The maximum atomic E-state index is 13.6. The predicted octanol–water partition coefficient (Wildman–Crippen LogP) is 4.25. The highest BCUT2D eigenvalue weighted by Crippen LogP contribution is 2.20. The van der Waals surface area contributed by atoms with Gasteiger partial charge in [-0.05, 0) is 52.3 Å². The second-order valence-electron chi connectivity index (χ2n) is 5.63.